The van der Waals surface area contributed by atoms with Gasteiger partial charge in [-0.15, -0.1) is 0 Å². The van der Waals surface area contributed by atoms with Crippen molar-refractivity contribution in [3.63, 3.8) is 0 Å². The van der Waals surface area contributed by atoms with Crippen LogP contribution in [0.2, 0.25) is 10.0 Å². The molecule has 1 amide bonds. The van der Waals surface area contributed by atoms with Gasteiger partial charge in [0.1, 0.15) is 18.0 Å². The Balaban J connectivity index is 1.18. The molecule has 12 heteroatoms. The summed E-state index contributed by atoms with van der Waals surface area (Å²) in [6, 6.07) is 2.33. The molecule has 3 aromatic rings. The number of hydrogen-bond acceptors (Lipinski definition) is 8. The molecule has 1 N–H and O–H groups in total. The number of hydrogen-bond donors (Lipinski definition) is 1. The highest BCUT2D eigenvalue weighted by Gasteiger charge is 2.45. The second-order valence-electron chi connectivity index (χ2n) is 11.3. The van der Waals surface area contributed by atoms with Gasteiger partial charge in [-0.3, -0.25) is 4.68 Å². The zero-order valence-electron chi connectivity index (χ0n) is 23.3. The molecule has 2 bridgehead atoms. The fourth-order valence-corrected chi connectivity index (χ4v) is 5.93. The molecule has 2 aliphatic heterocycles. The van der Waals surface area contributed by atoms with Crippen LogP contribution in [0.5, 0.6) is 11.5 Å². The largest absolute Gasteiger partial charge is 0.495 e. The van der Waals surface area contributed by atoms with Crippen molar-refractivity contribution in [1.82, 2.24) is 24.6 Å². The van der Waals surface area contributed by atoms with E-state index in [-0.39, 0.29) is 30.8 Å². The highest BCUT2D eigenvalue weighted by Crippen LogP contribution is 2.42. The maximum atomic E-state index is 12.8. The summed E-state index contributed by atoms with van der Waals surface area (Å²) in [5.74, 6) is 1.43. The summed E-state index contributed by atoms with van der Waals surface area (Å²) in [6.07, 6.45) is 10.3. The molecule has 0 spiro atoms. The minimum atomic E-state index is -0.501. The molecule has 5 rings (SSSR count). The van der Waals surface area contributed by atoms with Crippen LogP contribution in [0.25, 0.3) is 0 Å². The van der Waals surface area contributed by atoms with Gasteiger partial charge < -0.3 is 24.4 Å². The van der Waals surface area contributed by atoms with Crippen molar-refractivity contribution in [3.05, 3.63) is 52.0 Å². The van der Waals surface area contributed by atoms with Crippen molar-refractivity contribution in [1.29, 1.82) is 0 Å². The van der Waals surface area contributed by atoms with E-state index in [0.29, 0.717) is 33.1 Å². The maximum absolute atomic E-state index is 12.8. The standard InChI is InChI=1S/C28H34Cl2N6O4/c1-16-8-23(38-5)25(30)22(24(16)29)15-39-21-12-31-26(32-13-21)34-17-11-33-35(14-17)20-9-18-6-7-19(10-20)36(18)27(37)40-28(2,3)4/h8,11-14,18-20H,6-7,9-10,15H2,1-5H3,(H,31,32,34)/t18-,19+,20-. The minimum absolute atomic E-state index is 0.146. The molecule has 214 valence electrons. The van der Waals surface area contributed by atoms with Gasteiger partial charge in [-0.1, -0.05) is 23.2 Å². The molecule has 1 aromatic carbocycles. The van der Waals surface area contributed by atoms with Crippen molar-refractivity contribution < 1.29 is 19.0 Å². The molecule has 3 atom stereocenters. The predicted molar refractivity (Wildman–Crippen MR) is 153 cm³/mol. The Morgan fingerprint density at radius 3 is 2.38 bits per heavy atom. The Morgan fingerprint density at radius 2 is 1.75 bits per heavy atom. The third kappa shape index (κ3) is 6.07. The summed E-state index contributed by atoms with van der Waals surface area (Å²) >= 11 is 12.9. The van der Waals surface area contributed by atoms with Crippen molar-refractivity contribution in [2.45, 2.75) is 83.7 Å². The van der Waals surface area contributed by atoms with E-state index < -0.39 is 5.60 Å². The number of methoxy groups -OCH3 is 1. The van der Waals surface area contributed by atoms with E-state index in [2.05, 4.69) is 20.4 Å². The lowest BCUT2D eigenvalue weighted by Gasteiger charge is -2.39. The van der Waals surface area contributed by atoms with Crippen LogP contribution < -0.4 is 14.8 Å². The third-order valence-electron chi connectivity index (χ3n) is 7.22. The fourth-order valence-electron chi connectivity index (χ4n) is 5.40. The predicted octanol–water partition coefficient (Wildman–Crippen LogP) is 6.72. The topological polar surface area (TPSA) is 104 Å². The van der Waals surface area contributed by atoms with Crippen LogP contribution in [-0.4, -0.2) is 55.5 Å². The summed E-state index contributed by atoms with van der Waals surface area (Å²) < 4.78 is 18.8. The second kappa shape index (κ2) is 11.3. The first-order valence-corrected chi connectivity index (χ1v) is 14.1. The Labute approximate surface area is 243 Å². The molecule has 0 saturated carbocycles. The molecule has 2 aliphatic rings. The van der Waals surface area contributed by atoms with E-state index in [1.807, 2.05) is 43.5 Å². The van der Waals surface area contributed by atoms with Crippen LogP contribution in [0.3, 0.4) is 0 Å². The summed E-state index contributed by atoms with van der Waals surface area (Å²) in [5.41, 5.74) is 1.76. The van der Waals surface area contributed by atoms with Gasteiger partial charge in [0.25, 0.3) is 0 Å². The van der Waals surface area contributed by atoms with E-state index in [0.717, 1.165) is 36.9 Å². The van der Waals surface area contributed by atoms with Crippen LogP contribution in [0, 0.1) is 6.92 Å². The second-order valence-corrected chi connectivity index (χ2v) is 12.0. The number of nitrogens with one attached hydrogen (secondary N) is 1. The van der Waals surface area contributed by atoms with Gasteiger partial charge in [-0.05, 0) is 65.0 Å². The number of fused-ring (bicyclic) bond motifs is 2. The Hall–Kier alpha value is -3.24. The Bertz CT molecular complexity index is 1360. The summed E-state index contributed by atoms with van der Waals surface area (Å²) in [6.45, 7) is 7.73. The lowest BCUT2D eigenvalue weighted by Crippen LogP contribution is -2.48. The number of carbonyl (C=O) groups is 1. The number of rotatable bonds is 7. The molecule has 2 saturated heterocycles. The van der Waals surface area contributed by atoms with E-state index in [9.17, 15) is 4.79 Å². The maximum Gasteiger partial charge on any atom is 0.410 e. The molecule has 0 radical (unpaired) electrons. The zero-order chi connectivity index (χ0) is 28.6. The van der Waals surface area contributed by atoms with Gasteiger partial charge in [-0.25, -0.2) is 14.8 Å². The van der Waals surface area contributed by atoms with Gasteiger partial charge >= 0.3 is 6.09 Å². The van der Waals surface area contributed by atoms with Crippen molar-refractivity contribution in [3.8, 4) is 11.5 Å². The molecule has 0 unspecified atom stereocenters. The van der Waals surface area contributed by atoms with Gasteiger partial charge in [0.05, 0.1) is 47.5 Å². The molecule has 0 aliphatic carbocycles. The van der Waals surface area contributed by atoms with Crippen molar-refractivity contribution in [2.75, 3.05) is 12.4 Å². The normalized spacial score (nSPS) is 20.4. The number of anilines is 2. The molecular weight excluding hydrogens is 555 g/mol. The van der Waals surface area contributed by atoms with Crippen LogP contribution in [0.4, 0.5) is 16.4 Å². The number of benzene rings is 1. The zero-order valence-corrected chi connectivity index (χ0v) is 24.8. The van der Waals surface area contributed by atoms with Gasteiger partial charge in [-0.2, -0.15) is 5.10 Å². The van der Waals surface area contributed by atoms with E-state index in [1.165, 1.54) is 0 Å². The molecular formula is C28H34Cl2N6O4. The number of piperidine rings is 1. The number of nitrogens with zero attached hydrogens (tertiary/aromatic N) is 5. The highest BCUT2D eigenvalue weighted by molar-refractivity contribution is 6.37. The molecule has 40 heavy (non-hydrogen) atoms. The van der Waals surface area contributed by atoms with Crippen molar-refractivity contribution in [2.24, 2.45) is 0 Å². The van der Waals surface area contributed by atoms with Crippen molar-refractivity contribution >= 4 is 40.9 Å². The first kappa shape index (κ1) is 28.3. The van der Waals surface area contributed by atoms with Gasteiger partial charge in [0.2, 0.25) is 5.95 Å². The average Bonchev–Trinajstić information content (AvgIpc) is 3.47. The van der Waals surface area contributed by atoms with Crippen LogP contribution in [0.15, 0.2) is 30.9 Å². The quantitative estimate of drug-likeness (QED) is 0.324. The third-order valence-corrected chi connectivity index (χ3v) is 8.16. The lowest BCUT2D eigenvalue weighted by atomic mass is 9.98. The number of halogens is 2. The monoisotopic (exact) mass is 588 g/mol. The Kier molecular flexibility index (Phi) is 8.01. The van der Waals surface area contributed by atoms with Crippen LogP contribution >= 0.6 is 23.2 Å². The fraction of sp³-hybridized carbons (Fsp3) is 0.500. The smallest absolute Gasteiger partial charge is 0.410 e. The van der Waals surface area contributed by atoms with Crippen LogP contribution in [-0.2, 0) is 11.3 Å². The first-order valence-electron chi connectivity index (χ1n) is 13.3. The van der Waals surface area contributed by atoms with E-state index in [4.69, 9.17) is 37.4 Å². The number of aryl methyl sites for hydroxylation is 1. The average molecular weight is 590 g/mol. The number of ether oxygens (including phenoxy) is 3. The summed E-state index contributed by atoms with van der Waals surface area (Å²) in [4.78, 5) is 23.4. The molecule has 2 fully saturated rings. The number of carbonyl (C=O) groups excluding carboxylic acids is 1. The molecule has 2 aromatic heterocycles. The van der Waals surface area contributed by atoms with Gasteiger partial charge in [0, 0.05) is 23.8 Å². The highest BCUT2D eigenvalue weighted by atomic mass is 35.5. The minimum Gasteiger partial charge on any atom is -0.495 e. The molecule has 4 heterocycles. The number of amides is 1. The Morgan fingerprint density at radius 1 is 1.07 bits per heavy atom. The first-order chi connectivity index (χ1) is 19.0. The lowest BCUT2D eigenvalue weighted by molar-refractivity contribution is 0.00231. The summed E-state index contributed by atoms with van der Waals surface area (Å²) in [7, 11) is 1.56. The van der Waals surface area contributed by atoms with Crippen LogP contribution in [0.1, 0.15) is 63.6 Å². The summed E-state index contributed by atoms with van der Waals surface area (Å²) in [5, 5.41) is 8.72. The van der Waals surface area contributed by atoms with Gasteiger partial charge in [0.15, 0.2) is 5.75 Å². The van der Waals surface area contributed by atoms with E-state index in [1.54, 1.807) is 31.8 Å². The van der Waals surface area contributed by atoms with E-state index >= 15 is 0 Å². The number of aromatic nitrogens is 4. The molecule has 10 nitrogen and oxygen atoms in total. The SMILES string of the molecule is COc1cc(C)c(Cl)c(COc2cnc(Nc3cnn([C@@H]4C[C@H]5CC[C@@H](C4)N5C(=O)OC(C)(C)C)c3)nc2)c1Cl.